The lowest BCUT2D eigenvalue weighted by atomic mass is 10.2. The molecule has 0 aromatic heterocycles. The number of benzene rings is 1. The zero-order valence-corrected chi connectivity index (χ0v) is 6.10. The normalized spacial score (nSPS) is 9.67. The molecule has 0 heterocycles. The van der Waals surface area contributed by atoms with Gasteiger partial charge in [-0.3, -0.25) is 10.1 Å². The number of nitro groups is 1. The molecule has 1 rings (SSSR count). The summed E-state index contributed by atoms with van der Waals surface area (Å²) in [5.74, 6) is -0.348. The summed E-state index contributed by atoms with van der Waals surface area (Å²) in [5, 5.41) is 27.9. The maximum atomic E-state index is 10.0. The summed E-state index contributed by atoms with van der Waals surface area (Å²) in [6, 6.07) is 3.59. The topological polar surface area (TPSA) is 83.6 Å². The first-order chi connectivity index (χ1) is 5.58. The minimum absolute atomic E-state index is 0.174. The molecule has 0 aliphatic carbocycles. The Bertz CT molecular complexity index is 290. The molecule has 0 fully saturated rings. The van der Waals surface area contributed by atoms with Crippen LogP contribution in [-0.4, -0.2) is 15.1 Å². The van der Waals surface area contributed by atoms with Gasteiger partial charge < -0.3 is 10.2 Å². The van der Waals surface area contributed by atoms with Crippen molar-refractivity contribution >= 4 is 0 Å². The van der Waals surface area contributed by atoms with Crippen molar-refractivity contribution in [1.82, 2.24) is 0 Å². The molecule has 0 radical (unpaired) electrons. The number of phenols is 2. The lowest BCUT2D eigenvalue weighted by Gasteiger charge is -1.97. The molecule has 0 aliphatic rings. The summed E-state index contributed by atoms with van der Waals surface area (Å²) in [6.45, 7) is -0.401. The van der Waals surface area contributed by atoms with Crippen LogP contribution in [-0.2, 0) is 6.54 Å². The zero-order valence-electron chi connectivity index (χ0n) is 6.10. The van der Waals surface area contributed by atoms with Crippen molar-refractivity contribution in [1.29, 1.82) is 0 Å². The van der Waals surface area contributed by atoms with Crippen LogP contribution in [0.2, 0.25) is 0 Å². The molecular weight excluding hydrogens is 162 g/mol. The Balaban J connectivity index is 2.93. The third-order valence-electron chi connectivity index (χ3n) is 1.27. The van der Waals surface area contributed by atoms with Crippen molar-refractivity contribution < 1.29 is 15.1 Å². The Hall–Kier alpha value is -1.78. The van der Waals surface area contributed by atoms with E-state index in [1.54, 1.807) is 0 Å². The smallest absolute Gasteiger partial charge is 0.229 e. The van der Waals surface area contributed by atoms with Gasteiger partial charge >= 0.3 is 0 Å². The first-order valence-electron chi connectivity index (χ1n) is 3.21. The van der Waals surface area contributed by atoms with E-state index in [1.807, 2.05) is 0 Å². The maximum absolute atomic E-state index is 10.0. The summed E-state index contributed by atoms with van der Waals surface area (Å²) in [4.78, 5) is 9.50. The highest BCUT2D eigenvalue weighted by Gasteiger charge is 2.04. The molecule has 0 amide bonds. The minimum atomic E-state index is -0.534. The van der Waals surface area contributed by atoms with Crippen LogP contribution in [0.3, 0.4) is 0 Å². The SMILES string of the molecule is O=[N+]([O-])Cc1cc(O)cc(O)c1. The average Bonchev–Trinajstić information content (AvgIpc) is 1.81. The van der Waals surface area contributed by atoms with E-state index in [4.69, 9.17) is 10.2 Å². The highest BCUT2D eigenvalue weighted by atomic mass is 16.6. The largest absolute Gasteiger partial charge is 0.508 e. The van der Waals surface area contributed by atoms with E-state index >= 15 is 0 Å². The second kappa shape index (κ2) is 3.08. The zero-order chi connectivity index (χ0) is 9.14. The molecule has 12 heavy (non-hydrogen) atoms. The lowest BCUT2D eigenvalue weighted by Crippen LogP contribution is -1.97. The highest BCUT2D eigenvalue weighted by Crippen LogP contribution is 2.20. The van der Waals surface area contributed by atoms with Gasteiger partial charge in [0.05, 0.1) is 0 Å². The van der Waals surface area contributed by atoms with Crippen molar-refractivity contribution in [2.45, 2.75) is 6.54 Å². The van der Waals surface area contributed by atoms with Crippen LogP contribution in [0.25, 0.3) is 0 Å². The third-order valence-corrected chi connectivity index (χ3v) is 1.27. The van der Waals surface area contributed by atoms with Crippen LogP contribution >= 0.6 is 0 Å². The average molecular weight is 169 g/mol. The van der Waals surface area contributed by atoms with Crippen LogP contribution in [0.15, 0.2) is 18.2 Å². The quantitative estimate of drug-likeness (QED) is 0.508. The van der Waals surface area contributed by atoms with Gasteiger partial charge in [0.2, 0.25) is 6.54 Å². The molecule has 1 aromatic carbocycles. The molecule has 1 aromatic rings. The van der Waals surface area contributed by atoms with Gasteiger partial charge in [0.15, 0.2) is 0 Å². The second-order valence-electron chi connectivity index (χ2n) is 2.35. The van der Waals surface area contributed by atoms with E-state index in [-0.39, 0.29) is 17.1 Å². The molecule has 0 aliphatic heterocycles. The summed E-state index contributed by atoms with van der Waals surface area (Å²) in [6.07, 6.45) is 0. The van der Waals surface area contributed by atoms with Gasteiger partial charge in [-0.05, 0) is 12.1 Å². The van der Waals surface area contributed by atoms with Gasteiger partial charge in [-0.2, -0.15) is 0 Å². The van der Waals surface area contributed by atoms with E-state index in [1.165, 1.54) is 12.1 Å². The van der Waals surface area contributed by atoms with E-state index in [2.05, 4.69) is 0 Å². The van der Waals surface area contributed by atoms with Crippen molar-refractivity contribution in [2.24, 2.45) is 0 Å². The summed E-state index contributed by atoms with van der Waals surface area (Å²) < 4.78 is 0. The van der Waals surface area contributed by atoms with Gasteiger partial charge in [0, 0.05) is 16.6 Å². The Morgan fingerprint density at radius 2 is 1.75 bits per heavy atom. The fourth-order valence-corrected chi connectivity index (χ4v) is 0.897. The van der Waals surface area contributed by atoms with E-state index in [0.29, 0.717) is 0 Å². The van der Waals surface area contributed by atoms with Crippen LogP contribution in [0.5, 0.6) is 11.5 Å². The van der Waals surface area contributed by atoms with Gasteiger partial charge in [-0.25, -0.2) is 0 Å². The Kier molecular flexibility index (Phi) is 2.14. The standard InChI is InChI=1S/C7H7NO4/c9-6-1-5(4-8(11)12)2-7(10)3-6/h1-3,9-10H,4H2. The predicted molar refractivity (Wildman–Crippen MR) is 40.5 cm³/mol. The van der Waals surface area contributed by atoms with Gasteiger partial charge in [-0.15, -0.1) is 0 Å². The Morgan fingerprint density at radius 3 is 2.17 bits per heavy atom. The summed E-state index contributed by atoms with van der Waals surface area (Å²) in [5.41, 5.74) is 0.275. The number of hydrogen-bond donors (Lipinski definition) is 2. The minimum Gasteiger partial charge on any atom is -0.508 e. The number of phenolic OH excluding ortho intramolecular Hbond substituents is 2. The Labute approximate surface area is 68.0 Å². The lowest BCUT2D eigenvalue weighted by molar-refractivity contribution is -0.496. The van der Waals surface area contributed by atoms with Gasteiger partial charge in [0.25, 0.3) is 0 Å². The number of nitrogens with zero attached hydrogens (tertiary/aromatic N) is 1. The Morgan fingerprint density at radius 1 is 1.25 bits per heavy atom. The summed E-state index contributed by atoms with van der Waals surface area (Å²) in [7, 11) is 0. The molecule has 0 saturated heterocycles. The van der Waals surface area contributed by atoms with Crippen molar-refractivity contribution in [2.75, 3.05) is 0 Å². The predicted octanol–water partition coefficient (Wildman–Crippen LogP) is 0.874. The van der Waals surface area contributed by atoms with Crippen molar-refractivity contribution in [3.05, 3.63) is 33.9 Å². The molecular formula is C7H7NO4. The molecule has 5 heteroatoms. The monoisotopic (exact) mass is 169 g/mol. The highest BCUT2D eigenvalue weighted by molar-refractivity contribution is 5.36. The van der Waals surface area contributed by atoms with Crippen LogP contribution in [0.1, 0.15) is 5.56 Å². The van der Waals surface area contributed by atoms with E-state index in [0.717, 1.165) is 6.07 Å². The molecule has 2 N–H and O–H groups in total. The maximum Gasteiger partial charge on any atom is 0.229 e. The van der Waals surface area contributed by atoms with Crippen LogP contribution < -0.4 is 0 Å². The second-order valence-corrected chi connectivity index (χ2v) is 2.35. The van der Waals surface area contributed by atoms with Gasteiger partial charge in [-0.1, -0.05) is 0 Å². The van der Waals surface area contributed by atoms with Crippen LogP contribution in [0, 0.1) is 10.1 Å². The van der Waals surface area contributed by atoms with Crippen LogP contribution in [0.4, 0.5) is 0 Å². The number of aromatic hydroxyl groups is 2. The van der Waals surface area contributed by atoms with E-state index in [9.17, 15) is 10.1 Å². The van der Waals surface area contributed by atoms with E-state index < -0.39 is 11.5 Å². The summed E-state index contributed by atoms with van der Waals surface area (Å²) >= 11 is 0. The molecule has 0 unspecified atom stereocenters. The molecule has 64 valence electrons. The molecule has 0 atom stereocenters. The fraction of sp³-hybridized carbons (Fsp3) is 0.143. The first-order valence-corrected chi connectivity index (χ1v) is 3.21. The fourth-order valence-electron chi connectivity index (χ4n) is 0.897. The van der Waals surface area contributed by atoms with Crippen molar-refractivity contribution in [3.63, 3.8) is 0 Å². The number of hydrogen-bond acceptors (Lipinski definition) is 4. The molecule has 5 nitrogen and oxygen atoms in total. The van der Waals surface area contributed by atoms with Gasteiger partial charge in [0.1, 0.15) is 11.5 Å². The number of rotatable bonds is 2. The molecule has 0 bridgehead atoms. The molecule has 0 saturated carbocycles. The first kappa shape index (κ1) is 8.32. The van der Waals surface area contributed by atoms with Crippen molar-refractivity contribution in [3.8, 4) is 11.5 Å². The third kappa shape index (κ3) is 2.12. The molecule has 0 spiro atoms.